The number of hydrogen-bond donors (Lipinski definition) is 3. The molecule has 0 saturated heterocycles. The number of nitrogens with one attached hydrogen (secondary N) is 2. The summed E-state index contributed by atoms with van der Waals surface area (Å²) >= 11 is 0. The van der Waals surface area contributed by atoms with Crippen LogP contribution >= 0.6 is 0 Å². The van der Waals surface area contributed by atoms with Crippen molar-refractivity contribution in [1.82, 2.24) is 5.32 Å². The van der Waals surface area contributed by atoms with Crippen LogP contribution < -0.4 is 15.1 Å². The van der Waals surface area contributed by atoms with Crippen LogP contribution in [0.2, 0.25) is 0 Å². The van der Waals surface area contributed by atoms with Gasteiger partial charge in [-0.2, -0.15) is 23.7 Å². The van der Waals surface area contributed by atoms with Crippen LogP contribution in [0.15, 0.2) is 23.4 Å². The molecular formula is C11H12F4N4O3. The number of hydrogen-bond acceptors (Lipinski definition) is 5. The number of aliphatic hydroxyl groups is 1. The van der Waals surface area contributed by atoms with Crippen LogP contribution in [0.3, 0.4) is 0 Å². The molecule has 1 unspecified atom stereocenters. The van der Waals surface area contributed by atoms with Crippen molar-refractivity contribution in [2.75, 3.05) is 18.7 Å². The number of benzene rings is 1. The van der Waals surface area contributed by atoms with Crippen molar-refractivity contribution < 1.29 is 32.2 Å². The summed E-state index contributed by atoms with van der Waals surface area (Å²) in [5.41, 5.74) is 6.65. The van der Waals surface area contributed by atoms with Crippen LogP contribution in [0.25, 0.3) is 0 Å². The van der Waals surface area contributed by atoms with Gasteiger partial charge in [-0.05, 0) is 12.1 Å². The predicted molar refractivity (Wildman–Crippen MR) is 66.0 cm³/mol. The lowest BCUT2D eigenvalue weighted by atomic mass is 10.2. The summed E-state index contributed by atoms with van der Waals surface area (Å²) in [6.45, 7) is -1.21. The van der Waals surface area contributed by atoms with E-state index >= 15 is 0 Å². The number of rotatable bonds is 5. The number of urea groups is 1. The summed E-state index contributed by atoms with van der Waals surface area (Å²) < 4.78 is 54.5. The smallest absolute Gasteiger partial charge is 0.417 e. The summed E-state index contributed by atoms with van der Waals surface area (Å²) in [6.07, 6.45) is -7.70. The Bertz CT molecular complexity index is 553. The Balaban J connectivity index is 3.05. The van der Waals surface area contributed by atoms with Crippen molar-refractivity contribution in [3.8, 4) is 5.75 Å². The van der Waals surface area contributed by atoms with E-state index in [1.807, 2.05) is 0 Å². The van der Waals surface area contributed by atoms with Crippen molar-refractivity contribution in [3.63, 3.8) is 0 Å². The van der Waals surface area contributed by atoms with Gasteiger partial charge in [0.15, 0.2) is 6.10 Å². The van der Waals surface area contributed by atoms with Crippen molar-refractivity contribution >= 4 is 11.7 Å². The van der Waals surface area contributed by atoms with Gasteiger partial charge in [-0.1, -0.05) is 5.22 Å². The van der Waals surface area contributed by atoms with Crippen molar-refractivity contribution in [1.29, 1.82) is 5.53 Å². The molecule has 0 aliphatic rings. The molecule has 1 rings (SSSR count). The zero-order valence-corrected chi connectivity index (χ0v) is 11.2. The maximum atomic E-state index is 13.2. The van der Waals surface area contributed by atoms with Crippen LogP contribution in [0.4, 0.5) is 28.0 Å². The highest BCUT2D eigenvalue weighted by molar-refractivity contribution is 5.92. The summed E-state index contributed by atoms with van der Waals surface area (Å²) in [5.74, 6) is -1.33. The molecule has 22 heavy (non-hydrogen) atoms. The second-order valence-corrected chi connectivity index (χ2v) is 3.95. The van der Waals surface area contributed by atoms with E-state index in [0.717, 1.165) is 12.1 Å². The Kier molecular flexibility index (Phi) is 5.63. The number of amides is 2. The molecule has 2 amide bonds. The number of carbonyl (C=O) groups is 1. The van der Waals surface area contributed by atoms with Crippen LogP contribution in [-0.2, 0) is 0 Å². The largest absolute Gasteiger partial charge is 0.488 e. The Labute approximate surface area is 122 Å². The van der Waals surface area contributed by atoms with E-state index in [9.17, 15) is 22.4 Å². The lowest BCUT2D eigenvalue weighted by Gasteiger charge is -2.20. The summed E-state index contributed by atoms with van der Waals surface area (Å²) in [4.78, 5) is 11.5. The molecular weight excluding hydrogens is 312 g/mol. The normalized spacial score (nSPS) is 12.5. The van der Waals surface area contributed by atoms with Crippen LogP contribution in [-0.4, -0.2) is 37.1 Å². The number of aliphatic hydroxyl groups excluding tert-OH is 1. The minimum absolute atomic E-state index is 0.259. The zero-order valence-electron chi connectivity index (χ0n) is 11.2. The second kappa shape index (κ2) is 7.02. The van der Waals surface area contributed by atoms with E-state index in [4.69, 9.17) is 15.4 Å². The molecule has 1 aromatic rings. The van der Waals surface area contributed by atoms with Crippen LogP contribution in [0.5, 0.6) is 5.75 Å². The summed E-state index contributed by atoms with van der Waals surface area (Å²) in [6, 6.07) is 1.73. The van der Waals surface area contributed by atoms with Gasteiger partial charge < -0.3 is 15.2 Å². The third-order valence-corrected chi connectivity index (χ3v) is 2.43. The molecule has 7 nitrogen and oxygen atoms in total. The molecule has 0 aliphatic heterocycles. The number of alkyl halides is 3. The number of halogens is 4. The first kappa shape index (κ1) is 17.6. The molecule has 0 radical (unpaired) electrons. The lowest BCUT2D eigenvalue weighted by Crippen LogP contribution is -2.35. The molecule has 11 heteroatoms. The fourth-order valence-corrected chi connectivity index (χ4v) is 1.36. The van der Waals surface area contributed by atoms with Crippen molar-refractivity contribution in [3.05, 3.63) is 24.0 Å². The third kappa shape index (κ3) is 4.28. The molecule has 1 atom stereocenters. The molecule has 122 valence electrons. The highest BCUT2D eigenvalue weighted by atomic mass is 19.4. The first-order valence-electron chi connectivity index (χ1n) is 5.77. The van der Waals surface area contributed by atoms with Gasteiger partial charge in [0.05, 0.1) is 0 Å². The molecule has 0 heterocycles. The van der Waals surface area contributed by atoms with E-state index in [2.05, 4.69) is 10.5 Å². The average Bonchev–Trinajstić information content (AvgIpc) is 2.45. The maximum absolute atomic E-state index is 13.2. The highest BCUT2D eigenvalue weighted by Gasteiger charge is 2.39. The fraction of sp³-hybridized carbons (Fsp3) is 0.364. The van der Waals surface area contributed by atoms with Gasteiger partial charge in [0.2, 0.25) is 0 Å². The van der Waals surface area contributed by atoms with Gasteiger partial charge in [0.1, 0.15) is 23.9 Å². The second-order valence-electron chi connectivity index (χ2n) is 3.95. The minimum Gasteiger partial charge on any atom is -0.488 e. The number of nitrogens with zero attached hydrogens (tertiary/aromatic N) is 2. The van der Waals surface area contributed by atoms with Crippen LogP contribution in [0, 0.1) is 11.3 Å². The Hall–Kier alpha value is -2.43. The number of anilines is 1. The lowest BCUT2D eigenvalue weighted by molar-refractivity contribution is -0.210. The highest BCUT2D eigenvalue weighted by Crippen LogP contribution is 2.31. The number of carbonyl (C=O) groups excluding carboxylic acids is 1. The Morgan fingerprint density at radius 2 is 2.18 bits per heavy atom. The third-order valence-electron chi connectivity index (χ3n) is 2.43. The van der Waals surface area contributed by atoms with E-state index in [0.29, 0.717) is 11.1 Å². The molecule has 1 aromatic carbocycles. The maximum Gasteiger partial charge on any atom is 0.417 e. The van der Waals surface area contributed by atoms with Gasteiger partial charge in [-0.3, -0.25) is 0 Å². The molecule has 0 fully saturated rings. The molecule has 0 spiro atoms. The molecule has 0 bridgehead atoms. The van der Waals surface area contributed by atoms with E-state index in [1.165, 1.54) is 7.05 Å². The van der Waals surface area contributed by atoms with Gasteiger partial charge >= 0.3 is 12.2 Å². The molecule has 3 N–H and O–H groups in total. The van der Waals surface area contributed by atoms with Gasteiger partial charge in [-0.15, -0.1) is 0 Å². The summed E-state index contributed by atoms with van der Waals surface area (Å²) in [7, 11) is 1.23. The fourth-order valence-electron chi connectivity index (χ4n) is 1.36. The van der Waals surface area contributed by atoms with Crippen LogP contribution in [0.1, 0.15) is 0 Å². The standard InChI is InChI=1S/C11H12F4N4O3/c1-17-10(21)19(18-16)7-3-2-6(12)4-8(7)22-5-9(20)11(13,14)15/h2-4,9,16,20H,5H2,1H3,(H,17,21). The summed E-state index contributed by atoms with van der Waals surface area (Å²) in [5, 5.41) is 14.3. The Morgan fingerprint density at radius 1 is 1.55 bits per heavy atom. The molecule has 0 saturated carbocycles. The van der Waals surface area contributed by atoms with Gasteiger partial charge in [0.25, 0.3) is 0 Å². The van der Waals surface area contributed by atoms with Crippen molar-refractivity contribution in [2.45, 2.75) is 12.3 Å². The van der Waals surface area contributed by atoms with Crippen molar-refractivity contribution in [2.24, 2.45) is 5.22 Å². The topological polar surface area (TPSA) is 98.0 Å². The average molecular weight is 324 g/mol. The quantitative estimate of drug-likeness (QED) is 0.440. The van der Waals surface area contributed by atoms with E-state index in [-0.39, 0.29) is 5.69 Å². The van der Waals surface area contributed by atoms with E-state index < -0.39 is 36.5 Å². The Morgan fingerprint density at radius 3 is 2.68 bits per heavy atom. The number of ether oxygens (including phenoxy) is 1. The zero-order chi connectivity index (χ0) is 16.9. The monoisotopic (exact) mass is 324 g/mol. The first-order chi connectivity index (χ1) is 10.2. The molecule has 0 aromatic heterocycles. The SMILES string of the molecule is CNC(=O)N(N=N)c1ccc(F)cc1OCC(O)C(F)(F)F. The first-order valence-corrected chi connectivity index (χ1v) is 5.77. The molecule has 0 aliphatic carbocycles. The van der Waals surface area contributed by atoms with E-state index in [1.54, 1.807) is 0 Å². The minimum atomic E-state index is -4.91. The van der Waals surface area contributed by atoms with Gasteiger partial charge in [0, 0.05) is 13.1 Å². The predicted octanol–water partition coefficient (Wildman–Crippen LogP) is 2.22. The van der Waals surface area contributed by atoms with Gasteiger partial charge in [-0.25, -0.2) is 9.18 Å².